The highest BCUT2D eigenvalue weighted by Crippen LogP contribution is 2.32. The van der Waals surface area contributed by atoms with Gasteiger partial charge < -0.3 is 25.0 Å². The van der Waals surface area contributed by atoms with Crippen molar-refractivity contribution in [3.05, 3.63) is 54.1 Å². The number of hydrogen-bond donors (Lipinski definition) is 3. The summed E-state index contributed by atoms with van der Waals surface area (Å²) in [6, 6.07) is 15.5. The number of carboxylic acid groups (broad SMARTS) is 1. The highest BCUT2D eigenvalue weighted by Gasteiger charge is 2.38. The van der Waals surface area contributed by atoms with Gasteiger partial charge in [-0.15, -0.1) is 0 Å². The van der Waals surface area contributed by atoms with Crippen LogP contribution in [0, 0.1) is 0 Å². The molecule has 2 aromatic carbocycles. The van der Waals surface area contributed by atoms with Gasteiger partial charge in [0, 0.05) is 23.0 Å². The van der Waals surface area contributed by atoms with E-state index >= 15 is 0 Å². The second-order valence-electron chi connectivity index (χ2n) is 9.35. The number of aromatic amines is 1. The van der Waals surface area contributed by atoms with Crippen LogP contribution in [-0.4, -0.2) is 76.4 Å². The van der Waals surface area contributed by atoms with Crippen LogP contribution in [0.1, 0.15) is 36.0 Å². The second kappa shape index (κ2) is 12.8. The first-order valence-corrected chi connectivity index (χ1v) is 12.9. The number of methoxy groups -OCH3 is 1. The Kier molecular flexibility index (Phi) is 9.20. The summed E-state index contributed by atoms with van der Waals surface area (Å²) in [5.41, 5.74) is 3.05. The van der Waals surface area contributed by atoms with Crippen LogP contribution in [0.5, 0.6) is 0 Å². The van der Waals surface area contributed by atoms with Gasteiger partial charge in [-0.3, -0.25) is 0 Å². The third-order valence-corrected chi connectivity index (χ3v) is 6.54. The van der Waals surface area contributed by atoms with E-state index in [2.05, 4.69) is 15.2 Å². The van der Waals surface area contributed by atoms with Gasteiger partial charge in [-0.25, -0.2) is 19.6 Å². The molecule has 1 aliphatic rings. The Morgan fingerprint density at radius 1 is 1.07 bits per heavy atom. The molecule has 40 heavy (non-hydrogen) atoms. The summed E-state index contributed by atoms with van der Waals surface area (Å²) in [6.45, 7) is 4.36. The van der Waals surface area contributed by atoms with E-state index in [9.17, 15) is 18.0 Å². The number of rotatable bonds is 7. The molecule has 2 aromatic heterocycles. The number of alkyl halides is 3. The van der Waals surface area contributed by atoms with Crippen LogP contribution in [0.15, 0.2) is 48.5 Å². The smallest absolute Gasteiger partial charge is 0.475 e. The predicted molar refractivity (Wildman–Crippen MR) is 145 cm³/mol. The van der Waals surface area contributed by atoms with Gasteiger partial charge in [0.2, 0.25) is 0 Å². The molecule has 0 bridgehead atoms. The van der Waals surface area contributed by atoms with Crippen molar-refractivity contribution in [2.45, 2.75) is 31.9 Å². The molecule has 3 N–H and O–H groups in total. The molecule has 9 nitrogen and oxygen atoms in total. The average Bonchev–Trinajstić information content (AvgIpc) is 3.33. The normalized spacial score (nSPS) is 14.0. The van der Waals surface area contributed by atoms with Crippen molar-refractivity contribution in [3.63, 3.8) is 0 Å². The number of aromatic nitrogens is 3. The fourth-order valence-corrected chi connectivity index (χ4v) is 4.58. The molecule has 0 amide bonds. The molecule has 3 heterocycles. The van der Waals surface area contributed by atoms with Gasteiger partial charge in [-0.05, 0) is 51.0 Å². The molecule has 0 unspecified atom stereocenters. The number of esters is 1. The zero-order chi connectivity index (χ0) is 28.7. The van der Waals surface area contributed by atoms with Crippen molar-refractivity contribution in [2.75, 3.05) is 38.6 Å². The van der Waals surface area contributed by atoms with Gasteiger partial charge in [-0.2, -0.15) is 13.2 Å². The first kappa shape index (κ1) is 28.8. The molecular weight excluding hydrogens is 527 g/mol. The molecule has 12 heteroatoms. The fourth-order valence-electron chi connectivity index (χ4n) is 4.58. The number of ether oxygens (including phenoxy) is 1. The summed E-state index contributed by atoms with van der Waals surface area (Å²) in [6.07, 6.45) is -0.0538. The van der Waals surface area contributed by atoms with E-state index in [-0.39, 0.29) is 5.97 Å². The van der Waals surface area contributed by atoms with E-state index in [4.69, 9.17) is 24.6 Å². The van der Waals surface area contributed by atoms with Gasteiger partial charge in [0.15, 0.2) is 5.82 Å². The van der Waals surface area contributed by atoms with Gasteiger partial charge in [0.1, 0.15) is 11.5 Å². The van der Waals surface area contributed by atoms with Gasteiger partial charge >= 0.3 is 18.1 Å². The van der Waals surface area contributed by atoms with Crippen molar-refractivity contribution < 1.29 is 32.6 Å². The highest BCUT2D eigenvalue weighted by molar-refractivity contribution is 6.12. The number of likely N-dealkylation sites (tertiary alicyclic amines) is 1. The Hall–Kier alpha value is -4.19. The Morgan fingerprint density at radius 2 is 1.77 bits per heavy atom. The number of anilines is 1. The lowest BCUT2D eigenvalue weighted by Crippen LogP contribution is -2.31. The summed E-state index contributed by atoms with van der Waals surface area (Å²) in [7, 11) is 1.39. The van der Waals surface area contributed by atoms with Gasteiger partial charge in [0.05, 0.1) is 18.1 Å². The van der Waals surface area contributed by atoms with Crippen molar-refractivity contribution >= 4 is 39.7 Å². The van der Waals surface area contributed by atoms with Crippen LogP contribution < -0.4 is 5.32 Å². The monoisotopic (exact) mass is 557 g/mol. The maximum absolute atomic E-state index is 12.0. The molecule has 1 aliphatic heterocycles. The molecule has 1 fully saturated rings. The third kappa shape index (κ3) is 7.06. The number of nitrogens with one attached hydrogen (secondary N) is 2. The summed E-state index contributed by atoms with van der Waals surface area (Å²) in [4.78, 5) is 36.5. The summed E-state index contributed by atoms with van der Waals surface area (Å²) >= 11 is 0. The SMILES string of the molecule is COC(=O)c1ccc2c(c1)[nH]c1nc(-c3ccccc3)nc(NCCCN3CCCCC3)c12.O=C(O)C(F)(F)F. The third-order valence-electron chi connectivity index (χ3n) is 6.54. The Balaban J connectivity index is 0.000000470. The van der Waals surface area contributed by atoms with Crippen LogP contribution in [0.25, 0.3) is 33.3 Å². The van der Waals surface area contributed by atoms with Crippen molar-refractivity contribution in [3.8, 4) is 11.4 Å². The number of fused-ring (bicyclic) bond motifs is 3. The maximum Gasteiger partial charge on any atom is 0.490 e. The number of carboxylic acids is 1. The topological polar surface area (TPSA) is 120 Å². The quantitative estimate of drug-likeness (QED) is 0.202. The van der Waals surface area contributed by atoms with E-state index in [1.807, 2.05) is 42.5 Å². The molecule has 212 valence electrons. The first-order valence-electron chi connectivity index (χ1n) is 12.9. The minimum Gasteiger partial charge on any atom is -0.475 e. The van der Waals surface area contributed by atoms with Crippen LogP contribution >= 0.6 is 0 Å². The number of H-pyrrole nitrogens is 1. The summed E-state index contributed by atoms with van der Waals surface area (Å²) in [5, 5.41) is 12.6. The van der Waals surface area contributed by atoms with E-state index in [1.165, 1.54) is 39.5 Å². The van der Waals surface area contributed by atoms with Crippen LogP contribution in [0.4, 0.5) is 19.0 Å². The number of nitrogens with zero attached hydrogens (tertiary/aromatic N) is 3. The molecule has 1 saturated heterocycles. The van der Waals surface area contributed by atoms with E-state index in [0.29, 0.717) is 11.4 Å². The number of halogens is 3. The number of carbonyl (C=O) groups excluding carboxylic acids is 1. The zero-order valence-corrected chi connectivity index (χ0v) is 21.9. The van der Waals surface area contributed by atoms with Crippen molar-refractivity contribution in [1.82, 2.24) is 19.9 Å². The summed E-state index contributed by atoms with van der Waals surface area (Å²) < 4.78 is 36.6. The molecule has 0 spiro atoms. The van der Waals surface area contributed by atoms with Crippen LogP contribution in [0.3, 0.4) is 0 Å². The lowest BCUT2D eigenvalue weighted by atomic mass is 10.1. The van der Waals surface area contributed by atoms with E-state index in [1.54, 1.807) is 6.07 Å². The molecule has 0 radical (unpaired) electrons. The number of carbonyl (C=O) groups is 2. The molecular formula is C28H30F3N5O4. The molecule has 0 atom stereocenters. The average molecular weight is 558 g/mol. The molecule has 5 rings (SSSR count). The standard InChI is InChI=1S/C26H29N5O2.C2HF3O2/c1-33-26(32)19-11-12-20-21(17-19)28-25-22(20)24(27-13-8-16-31-14-6-3-7-15-31)29-23(30-25)18-9-4-2-5-10-18;3-2(4,5)1(6)7/h2,4-5,9-12,17H,3,6-8,13-16H2,1H3,(H2,27,28,29,30);(H,6,7). The molecule has 4 aromatic rings. The molecule has 0 aliphatic carbocycles. The lowest BCUT2D eigenvalue weighted by molar-refractivity contribution is -0.192. The maximum atomic E-state index is 12.0. The largest absolute Gasteiger partial charge is 0.490 e. The van der Waals surface area contributed by atoms with Gasteiger partial charge in [-0.1, -0.05) is 42.8 Å². The van der Waals surface area contributed by atoms with Gasteiger partial charge in [0.25, 0.3) is 0 Å². The Labute approximate surface area is 228 Å². The number of piperidine rings is 1. The van der Waals surface area contributed by atoms with Crippen molar-refractivity contribution in [1.29, 1.82) is 0 Å². The highest BCUT2D eigenvalue weighted by atomic mass is 19.4. The molecule has 0 saturated carbocycles. The van der Waals surface area contributed by atoms with Crippen molar-refractivity contribution in [2.24, 2.45) is 0 Å². The van der Waals surface area contributed by atoms with Crippen LogP contribution in [0.2, 0.25) is 0 Å². The number of benzene rings is 2. The van der Waals surface area contributed by atoms with E-state index in [0.717, 1.165) is 52.8 Å². The predicted octanol–water partition coefficient (Wildman–Crippen LogP) is 5.49. The second-order valence-corrected chi connectivity index (χ2v) is 9.35. The number of aliphatic carboxylic acids is 1. The minimum atomic E-state index is -5.08. The van der Waals surface area contributed by atoms with E-state index < -0.39 is 12.1 Å². The minimum absolute atomic E-state index is 0.359. The lowest BCUT2D eigenvalue weighted by Gasteiger charge is -2.26. The van der Waals surface area contributed by atoms with Crippen LogP contribution in [-0.2, 0) is 9.53 Å². The fraction of sp³-hybridized carbons (Fsp3) is 0.357. The zero-order valence-electron chi connectivity index (χ0n) is 21.9. The Morgan fingerprint density at radius 3 is 2.42 bits per heavy atom. The Bertz CT molecular complexity index is 1470. The first-order chi connectivity index (χ1) is 19.2. The number of hydrogen-bond acceptors (Lipinski definition) is 7. The summed E-state index contributed by atoms with van der Waals surface area (Å²) in [5.74, 6) is -1.63.